The maximum atomic E-state index is 13.1. The lowest BCUT2D eigenvalue weighted by Gasteiger charge is -2.16. The van der Waals surface area contributed by atoms with Gasteiger partial charge in [0.05, 0.1) is 18.4 Å². The average molecular weight is 389 g/mol. The Balaban J connectivity index is 1.66. The van der Waals surface area contributed by atoms with Crippen LogP contribution in [0.3, 0.4) is 0 Å². The molecule has 1 aromatic carbocycles. The SMILES string of the molecule is COc1ccc(/C=C2\CCc3c(c(C)nn3C)C2=O)c(OCc2cccnc2)c1. The fourth-order valence-electron chi connectivity index (χ4n) is 3.67. The first kappa shape index (κ1) is 18.9. The van der Waals surface area contributed by atoms with Gasteiger partial charge in [0.15, 0.2) is 5.78 Å². The molecule has 0 atom stereocenters. The van der Waals surface area contributed by atoms with Crippen molar-refractivity contribution in [3.05, 3.63) is 76.4 Å². The summed E-state index contributed by atoms with van der Waals surface area (Å²) in [6.07, 6.45) is 6.91. The van der Waals surface area contributed by atoms with Gasteiger partial charge in [-0.2, -0.15) is 5.10 Å². The number of hydrogen-bond acceptors (Lipinski definition) is 5. The van der Waals surface area contributed by atoms with Crippen molar-refractivity contribution in [2.24, 2.45) is 7.05 Å². The average Bonchev–Trinajstić information content (AvgIpc) is 3.04. The van der Waals surface area contributed by atoms with Crippen molar-refractivity contribution in [3.63, 3.8) is 0 Å². The van der Waals surface area contributed by atoms with Gasteiger partial charge in [-0.25, -0.2) is 0 Å². The molecule has 0 N–H and O–H groups in total. The van der Waals surface area contributed by atoms with Crippen LogP contribution in [0.1, 0.15) is 39.3 Å². The Kier molecular flexibility index (Phi) is 5.16. The predicted molar refractivity (Wildman–Crippen MR) is 110 cm³/mol. The summed E-state index contributed by atoms with van der Waals surface area (Å²) in [5, 5.41) is 4.41. The summed E-state index contributed by atoms with van der Waals surface area (Å²) in [7, 11) is 3.51. The highest BCUT2D eigenvalue weighted by atomic mass is 16.5. The predicted octanol–water partition coefficient (Wildman–Crippen LogP) is 3.92. The van der Waals surface area contributed by atoms with Gasteiger partial charge >= 0.3 is 0 Å². The molecule has 6 nitrogen and oxygen atoms in total. The van der Waals surface area contributed by atoms with Crippen molar-refractivity contribution >= 4 is 11.9 Å². The van der Waals surface area contributed by atoms with Crippen molar-refractivity contribution in [2.75, 3.05) is 7.11 Å². The van der Waals surface area contributed by atoms with Gasteiger partial charge in [-0.3, -0.25) is 14.5 Å². The number of carbonyl (C=O) groups excluding carboxylic acids is 1. The molecule has 0 unspecified atom stereocenters. The Hall–Kier alpha value is -3.41. The molecule has 2 heterocycles. The van der Waals surface area contributed by atoms with Gasteiger partial charge in [0.25, 0.3) is 0 Å². The number of rotatable bonds is 5. The van der Waals surface area contributed by atoms with Crippen molar-refractivity contribution in [3.8, 4) is 11.5 Å². The molecule has 0 amide bonds. The summed E-state index contributed by atoms with van der Waals surface area (Å²) in [6.45, 7) is 2.27. The highest BCUT2D eigenvalue weighted by molar-refractivity contribution is 6.13. The number of carbonyl (C=O) groups is 1. The summed E-state index contributed by atoms with van der Waals surface area (Å²) in [5.74, 6) is 1.42. The Morgan fingerprint density at radius 1 is 1.24 bits per heavy atom. The zero-order valence-electron chi connectivity index (χ0n) is 16.8. The van der Waals surface area contributed by atoms with Crippen LogP contribution in [0.25, 0.3) is 6.08 Å². The molecular formula is C23H23N3O3. The van der Waals surface area contributed by atoms with Gasteiger partial charge in [0, 0.05) is 47.9 Å². The minimum atomic E-state index is 0.0471. The maximum absolute atomic E-state index is 13.1. The molecule has 29 heavy (non-hydrogen) atoms. The summed E-state index contributed by atoms with van der Waals surface area (Å²) >= 11 is 0. The van der Waals surface area contributed by atoms with E-state index in [1.165, 1.54) is 0 Å². The lowest BCUT2D eigenvalue weighted by molar-refractivity contribution is 0.102. The molecule has 1 aliphatic rings. The first-order chi connectivity index (χ1) is 14.1. The summed E-state index contributed by atoms with van der Waals surface area (Å²) in [5.41, 5.74) is 5.11. The summed E-state index contributed by atoms with van der Waals surface area (Å²) in [4.78, 5) is 17.2. The van der Waals surface area contributed by atoms with E-state index in [0.717, 1.165) is 40.1 Å². The van der Waals surface area contributed by atoms with Gasteiger partial charge in [0.2, 0.25) is 0 Å². The number of aromatic nitrogens is 3. The highest BCUT2D eigenvalue weighted by Gasteiger charge is 2.27. The number of nitrogens with zero attached hydrogens (tertiary/aromatic N) is 3. The van der Waals surface area contributed by atoms with Gasteiger partial charge in [-0.05, 0) is 44.0 Å². The molecule has 2 aromatic heterocycles. The number of ketones is 1. The molecule has 0 spiro atoms. The molecule has 1 aliphatic carbocycles. The number of hydrogen-bond donors (Lipinski definition) is 0. The summed E-state index contributed by atoms with van der Waals surface area (Å²) in [6, 6.07) is 9.47. The quantitative estimate of drug-likeness (QED) is 0.619. The van der Waals surface area contributed by atoms with E-state index in [0.29, 0.717) is 24.5 Å². The van der Waals surface area contributed by atoms with E-state index in [4.69, 9.17) is 9.47 Å². The van der Waals surface area contributed by atoms with Crippen LogP contribution in [-0.2, 0) is 20.1 Å². The minimum absolute atomic E-state index is 0.0471. The normalized spacial score (nSPS) is 14.7. The standard InChI is InChI=1S/C23H23N3O3/c1-15-22-20(26(2)25-15)9-7-18(23(22)27)11-17-6-8-19(28-3)12-21(17)29-14-16-5-4-10-24-13-16/h4-6,8,10-13H,7,9,14H2,1-3H3/b18-11+. The second-order valence-corrected chi connectivity index (χ2v) is 7.08. The zero-order chi connectivity index (χ0) is 20.4. The molecule has 148 valence electrons. The number of benzene rings is 1. The van der Waals surface area contributed by atoms with Crippen LogP contribution in [0, 0.1) is 6.92 Å². The second-order valence-electron chi connectivity index (χ2n) is 7.08. The Bertz CT molecular complexity index is 1080. The van der Waals surface area contributed by atoms with E-state index in [1.807, 2.05) is 55.1 Å². The molecular weight excluding hydrogens is 366 g/mol. The van der Waals surface area contributed by atoms with Crippen molar-refractivity contribution in [1.82, 2.24) is 14.8 Å². The first-order valence-electron chi connectivity index (χ1n) is 9.54. The molecule has 4 rings (SSSR count). The number of methoxy groups -OCH3 is 1. The monoisotopic (exact) mass is 389 g/mol. The molecule has 0 fully saturated rings. The van der Waals surface area contributed by atoms with Crippen molar-refractivity contribution < 1.29 is 14.3 Å². The van der Waals surface area contributed by atoms with Gasteiger partial charge in [-0.15, -0.1) is 0 Å². The van der Waals surface area contributed by atoms with Crippen LogP contribution in [0.2, 0.25) is 0 Å². The van der Waals surface area contributed by atoms with E-state index in [-0.39, 0.29) is 5.78 Å². The maximum Gasteiger partial charge on any atom is 0.192 e. The van der Waals surface area contributed by atoms with Crippen LogP contribution in [0.4, 0.5) is 0 Å². The molecule has 0 saturated heterocycles. The first-order valence-corrected chi connectivity index (χ1v) is 9.54. The summed E-state index contributed by atoms with van der Waals surface area (Å²) < 4.78 is 13.2. The highest BCUT2D eigenvalue weighted by Crippen LogP contribution is 2.32. The fraction of sp³-hybridized carbons (Fsp3) is 0.261. The van der Waals surface area contributed by atoms with E-state index < -0.39 is 0 Å². The largest absolute Gasteiger partial charge is 0.497 e. The molecule has 3 aromatic rings. The van der Waals surface area contributed by atoms with Crippen LogP contribution < -0.4 is 9.47 Å². The van der Waals surface area contributed by atoms with Crippen molar-refractivity contribution in [1.29, 1.82) is 0 Å². The topological polar surface area (TPSA) is 66.2 Å². The van der Waals surface area contributed by atoms with Crippen molar-refractivity contribution in [2.45, 2.75) is 26.4 Å². The van der Waals surface area contributed by atoms with E-state index in [9.17, 15) is 4.79 Å². The molecule has 0 bridgehead atoms. The van der Waals surface area contributed by atoms with Gasteiger partial charge < -0.3 is 9.47 Å². The number of allylic oxidation sites excluding steroid dienone is 1. The van der Waals surface area contributed by atoms with Crippen LogP contribution in [0.15, 0.2) is 48.3 Å². The molecule has 0 aliphatic heterocycles. The lowest BCUT2D eigenvalue weighted by Crippen LogP contribution is -2.15. The van der Waals surface area contributed by atoms with E-state index >= 15 is 0 Å². The van der Waals surface area contributed by atoms with E-state index in [2.05, 4.69) is 10.1 Å². The number of pyridine rings is 1. The lowest BCUT2D eigenvalue weighted by atomic mass is 9.88. The van der Waals surface area contributed by atoms with Crippen LogP contribution >= 0.6 is 0 Å². The number of Topliss-reactive ketones (excluding diaryl/α,β-unsaturated/α-hetero) is 1. The second kappa shape index (κ2) is 7.91. The third-order valence-corrected chi connectivity index (χ3v) is 5.16. The smallest absolute Gasteiger partial charge is 0.192 e. The third-order valence-electron chi connectivity index (χ3n) is 5.16. The molecule has 6 heteroatoms. The Labute approximate surface area is 169 Å². The van der Waals surface area contributed by atoms with Crippen LogP contribution in [-0.4, -0.2) is 27.7 Å². The zero-order valence-corrected chi connectivity index (χ0v) is 16.8. The van der Waals surface area contributed by atoms with Gasteiger partial charge in [0.1, 0.15) is 18.1 Å². The minimum Gasteiger partial charge on any atom is -0.497 e. The van der Waals surface area contributed by atoms with E-state index in [1.54, 1.807) is 19.5 Å². The number of ether oxygens (including phenoxy) is 2. The Morgan fingerprint density at radius 3 is 2.86 bits per heavy atom. The third kappa shape index (κ3) is 3.78. The molecule has 0 radical (unpaired) electrons. The molecule has 0 saturated carbocycles. The Morgan fingerprint density at radius 2 is 2.10 bits per heavy atom. The fourth-order valence-corrected chi connectivity index (χ4v) is 3.67. The number of aryl methyl sites for hydroxylation is 2. The van der Waals surface area contributed by atoms with Gasteiger partial charge in [-0.1, -0.05) is 6.07 Å². The van der Waals surface area contributed by atoms with Crippen LogP contribution in [0.5, 0.6) is 11.5 Å². The number of fused-ring (bicyclic) bond motifs is 1.